The average molecular weight is 345 g/mol. The summed E-state index contributed by atoms with van der Waals surface area (Å²) in [6.45, 7) is 5.14. The third-order valence-electron chi connectivity index (χ3n) is 3.40. The number of carbonyl (C=O) groups excluding carboxylic acids is 1. The Bertz CT molecular complexity index is 690. The molecule has 2 heterocycles. The highest BCUT2D eigenvalue weighted by atomic mass is 32.1. The SMILES string of the molecule is CCCN(CC)C(=O)c1ccc(-c2cc(C(F)(F)F)n(C)n2)s1. The van der Waals surface area contributed by atoms with Gasteiger partial charge in [-0.1, -0.05) is 6.92 Å². The van der Waals surface area contributed by atoms with Gasteiger partial charge in [-0.25, -0.2) is 0 Å². The van der Waals surface area contributed by atoms with Gasteiger partial charge in [-0.2, -0.15) is 18.3 Å². The molecule has 126 valence electrons. The highest BCUT2D eigenvalue weighted by molar-refractivity contribution is 7.17. The Morgan fingerprint density at radius 1 is 1.35 bits per heavy atom. The monoisotopic (exact) mass is 345 g/mol. The number of halogens is 3. The first-order valence-corrected chi connectivity index (χ1v) is 8.10. The Morgan fingerprint density at radius 3 is 2.57 bits per heavy atom. The summed E-state index contributed by atoms with van der Waals surface area (Å²) in [5.41, 5.74) is -0.586. The minimum Gasteiger partial charge on any atom is -0.338 e. The van der Waals surface area contributed by atoms with Crippen LogP contribution in [0, 0.1) is 0 Å². The predicted octanol–water partition coefficient (Wildman–Crippen LogP) is 4.04. The lowest BCUT2D eigenvalue weighted by Crippen LogP contribution is -2.30. The van der Waals surface area contributed by atoms with E-state index >= 15 is 0 Å². The van der Waals surface area contributed by atoms with Gasteiger partial charge in [0.25, 0.3) is 5.91 Å². The minimum absolute atomic E-state index is 0.0995. The fraction of sp³-hybridized carbons (Fsp3) is 0.467. The van der Waals surface area contributed by atoms with Gasteiger partial charge in [0.15, 0.2) is 0 Å². The molecule has 8 heteroatoms. The molecule has 0 spiro atoms. The standard InChI is InChI=1S/C15H18F3N3OS/c1-4-8-21(5-2)14(22)12-7-6-11(23-12)10-9-13(15(16,17)18)20(3)19-10/h6-7,9H,4-5,8H2,1-3H3. The molecule has 2 aromatic heterocycles. The van der Waals surface area contributed by atoms with Gasteiger partial charge in [0, 0.05) is 20.1 Å². The maximum atomic E-state index is 12.8. The Labute approximate surface area is 136 Å². The lowest BCUT2D eigenvalue weighted by Gasteiger charge is -2.18. The molecule has 0 atom stereocenters. The van der Waals surface area contributed by atoms with Crippen molar-refractivity contribution in [1.29, 1.82) is 0 Å². The van der Waals surface area contributed by atoms with Crippen LogP contribution in [0.4, 0.5) is 13.2 Å². The molecular weight excluding hydrogens is 327 g/mol. The first-order valence-electron chi connectivity index (χ1n) is 7.28. The van der Waals surface area contributed by atoms with Crippen LogP contribution in [0.5, 0.6) is 0 Å². The van der Waals surface area contributed by atoms with E-state index in [1.165, 1.54) is 7.05 Å². The molecule has 0 saturated heterocycles. The van der Waals surface area contributed by atoms with Gasteiger partial charge in [-0.15, -0.1) is 11.3 Å². The molecule has 0 aliphatic heterocycles. The number of nitrogens with zero attached hydrogens (tertiary/aromatic N) is 3. The normalized spacial score (nSPS) is 11.7. The van der Waals surface area contributed by atoms with Crippen LogP contribution in [0.15, 0.2) is 18.2 Å². The second-order valence-electron chi connectivity index (χ2n) is 5.08. The molecule has 2 rings (SSSR count). The summed E-state index contributed by atoms with van der Waals surface area (Å²) >= 11 is 1.16. The van der Waals surface area contributed by atoms with Crippen molar-refractivity contribution < 1.29 is 18.0 Å². The Morgan fingerprint density at radius 2 is 2.04 bits per heavy atom. The fourth-order valence-electron chi connectivity index (χ4n) is 2.27. The van der Waals surface area contributed by atoms with E-state index in [0.29, 0.717) is 22.8 Å². The molecule has 0 saturated carbocycles. The van der Waals surface area contributed by atoms with Gasteiger partial charge < -0.3 is 4.90 Å². The molecule has 0 unspecified atom stereocenters. The van der Waals surface area contributed by atoms with E-state index in [1.54, 1.807) is 17.0 Å². The molecule has 0 fully saturated rings. The number of aromatic nitrogens is 2. The second kappa shape index (κ2) is 6.74. The topological polar surface area (TPSA) is 38.1 Å². The van der Waals surface area contributed by atoms with E-state index in [1.807, 2.05) is 13.8 Å². The molecule has 0 bridgehead atoms. The summed E-state index contributed by atoms with van der Waals surface area (Å²) in [7, 11) is 1.26. The van der Waals surface area contributed by atoms with E-state index in [4.69, 9.17) is 0 Å². The lowest BCUT2D eigenvalue weighted by atomic mass is 10.3. The zero-order chi connectivity index (χ0) is 17.2. The van der Waals surface area contributed by atoms with Crippen molar-refractivity contribution in [2.75, 3.05) is 13.1 Å². The number of alkyl halides is 3. The maximum Gasteiger partial charge on any atom is 0.433 e. The summed E-state index contributed by atoms with van der Waals surface area (Å²) in [5, 5.41) is 3.90. The highest BCUT2D eigenvalue weighted by Crippen LogP contribution is 2.34. The van der Waals surface area contributed by atoms with Crippen molar-refractivity contribution in [1.82, 2.24) is 14.7 Å². The number of carbonyl (C=O) groups is 1. The molecule has 23 heavy (non-hydrogen) atoms. The third-order valence-corrected chi connectivity index (χ3v) is 4.50. The van der Waals surface area contributed by atoms with Crippen LogP contribution in [0.3, 0.4) is 0 Å². The molecular formula is C15H18F3N3OS. The van der Waals surface area contributed by atoms with Gasteiger partial charge in [0.05, 0.1) is 9.75 Å². The van der Waals surface area contributed by atoms with Crippen LogP contribution in [0.1, 0.15) is 35.6 Å². The van der Waals surface area contributed by atoms with E-state index in [2.05, 4.69) is 5.10 Å². The molecule has 2 aromatic rings. The predicted molar refractivity (Wildman–Crippen MR) is 83.4 cm³/mol. The molecule has 0 aliphatic carbocycles. The first kappa shape index (κ1) is 17.5. The van der Waals surface area contributed by atoms with Crippen molar-refractivity contribution in [2.24, 2.45) is 7.05 Å². The number of rotatable bonds is 5. The maximum absolute atomic E-state index is 12.8. The van der Waals surface area contributed by atoms with Gasteiger partial charge in [0.2, 0.25) is 0 Å². The zero-order valence-corrected chi connectivity index (χ0v) is 14.0. The smallest absolute Gasteiger partial charge is 0.338 e. The number of thiophene rings is 1. The lowest BCUT2D eigenvalue weighted by molar-refractivity contribution is -0.143. The Hall–Kier alpha value is -1.83. The van der Waals surface area contributed by atoms with Gasteiger partial charge in [-0.3, -0.25) is 9.48 Å². The summed E-state index contributed by atoms with van der Waals surface area (Å²) < 4.78 is 39.3. The van der Waals surface area contributed by atoms with Crippen molar-refractivity contribution in [3.63, 3.8) is 0 Å². The van der Waals surface area contributed by atoms with E-state index in [9.17, 15) is 18.0 Å². The summed E-state index contributed by atoms with van der Waals surface area (Å²) in [5.74, 6) is -0.0995. The molecule has 0 radical (unpaired) electrons. The molecule has 4 nitrogen and oxygen atoms in total. The van der Waals surface area contributed by atoms with Crippen LogP contribution < -0.4 is 0 Å². The van der Waals surface area contributed by atoms with Crippen LogP contribution in [-0.2, 0) is 13.2 Å². The molecule has 1 amide bonds. The fourth-order valence-corrected chi connectivity index (χ4v) is 3.20. The molecule has 0 aromatic carbocycles. The van der Waals surface area contributed by atoms with Crippen molar-refractivity contribution in [2.45, 2.75) is 26.4 Å². The van der Waals surface area contributed by atoms with Crippen molar-refractivity contribution in [3.05, 3.63) is 28.8 Å². The largest absolute Gasteiger partial charge is 0.433 e. The highest BCUT2D eigenvalue weighted by Gasteiger charge is 2.35. The van der Waals surface area contributed by atoms with E-state index in [-0.39, 0.29) is 11.6 Å². The third kappa shape index (κ3) is 3.74. The van der Waals surface area contributed by atoms with Crippen LogP contribution in [-0.4, -0.2) is 33.7 Å². The summed E-state index contributed by atoms with van der Waals surface area (Å²) in [6.07, 6.45) is -3.59. The Kier molecular flexibility index (Phi) is 5.13. The quantitative estimate of drug-likeness (QED) is 0.820. The van der Waals surface area contributed by atoms with Crippen molar-refractivity contribution in [3.8, 4) is 10.6 Å². The van der Waals surface area contributed by atoms with Crippen molar-refractivity contribution >= 4 is 17.2 Å². The van der Waals surface area contributed by atoms with Gasteiger partial charge in [0.1, 0.15) is 11.4 Å². The van der Waals surface area contributed by atoms with Crippen LogP contribution >= 0.6 is 11.3 Å². The number of hydrogen-bond donors (Lipinski definition) is 0. The Balaban J connectivity index is 2.28. The van der Waals surface area contributed by atoms with E-state index < -0.39 is 11.9 Å². The number of hydrogen-bond acceptors (Lipinski definition) is 3. The molecule has 0 N–H and O–H groups in total. The number of amides is 1. The minimum atomic E-state index is -4.45. The van der Waals surface area contributed by atoms with Gasteiger partial charge in [-0.05, 0) is 31.5 Å². The number of aryl methyl sites for hydroxylation is 1. The molecule has 0 aliphatic rings. The second-order valence-corrected chi connectivity index (χ2v) is 6.17. The summed E-state index contributed by atoms with van der Waals surface area (Å²) in [6, 6.07) is 4.28. The van der Waals surface area contributed by atoms with E-state index in [0.717, 1.165) is 28.5 Å². The van der Waals surface area contributed by atoms with Gasteiger partial charge >= 0.3 is 6.18 Å². The summed E-state index contributed by atoms with van der Waals surface area (Å²) in [4.78, 5) is 15.1. The average Bonchev–Trinajstić information content (AvgIpc) is 3.09. The van der Waals surface area contributed by atoms with Crippen LogP contribution in [0.2, 0.25) is 0 Å². The zero-order valence-electron chi connectivity index (χ0n) is 13.1. The van der Waals surface area contributed by atoms with Crippen LogP contribution in [0.25, 0.3) is 10.6 Å². The first-order chi connectivity index (χ1) is 10.8.